The normalized spacial score (nSPS) is 10.5. The van der Waals surface area contributed by atoms with Crippen molar-refractivity contribution < 1.29 is 14.3 Å². The van der Waals surface area contributed by atoms with E-state index in [9.17, 15) is 9.59 Å². The molecule has 0 aliphatic carbocycles. The molecule has 1 heterocycles. The van der Waals surface area contributed by atoms with Crippen LogP contribution in [0, 0.1) is 0 Å². The van der Waals surface area contributed by atoms with Crippen molar-refractivity contribution >= 4 is 56.2 Å². The fourth-order valence-corrected chi connectivity index (χ4v) is 3.83. The molecule has 2 amide bonds. The van der Waals surface area contributed by atoms with E-state index in [0.717, 1.165) is 10.1 Å². The fraction of sp³-hybridized carbons (Fsp3) is 0.111. The molecule has 128 valence electrons. The summed E-state index contributed by atoms with van der Waals surface area (Å²) in [6.07, 6.45) is 0. The maximum absolute atomic E-state index is 12.6. The number of ether oxygens (including phenoxy) is 1. The van der Waals surface area contributed by atoms with E-state index in [1.807, 2.05) is 12.1 Å². The van der Waals surface area contributed by atoms with E-state index in [0.29, 0.717) is 27.0 Å². The van der Waals surface area contributed by atoms with Crippen LogP contribution in [0.2, 0.25) is 5.02 Å². The third kappa shape index (κ3) is 3.75. The summed E-state index contributed by atoms with van der Waals surface area (Å²) in [5, 5.41) is 6.71. The average Bonchev–Trinajstić information content (AvgIpc) is 2.91. The molecule has 1 aromatic heterocycles. The second kappa shape index (κ2) is 7.13. The Bertz CT molecular complexity index is 968. The standard InChI is InChI=1S/C18H15ClN2O3S/c1-10(22)20-11-4-3-5-12(8-11)21-18(23)17-16(19)14-7-6-13(24-2)9-15(14)25-17/h3-9H,1-2H3,(H,20,22)(H,21,23). The van der Waals surface area contributed by atoms with Crippen molar-refractivity contribution in [3.8, 4) is 5.75 Å². The average molecular weight is 375 g/mol. The number of fused-ring (bicyclic) bond motifs is 1. The molecule has 0 bridgehead atoms. The molecule has 0 atom stereocenters. The van der Waals surface area contributed by atoms with E-state index in [4.69, 9.17) is 16.3 Å². The Balaban J connectivity index is 1.87. The molecule has 0 radical (unpaired) electrons. The molecule has 25 heavy (non-hydrogen) atoms. The highest BCUT2D eigenvalue weighted by atomic mass is 35.5. The molecular formula is C18H15ClN2O3S. The number of carbonyl (C=O) groups excluding carboxylic acids is 2. The third-order valence-corrected chi connectivity index (χ3v) is 5.14. The van der Waals surface area contributed by atoms with Crippen LogP contribution in [0.15, 0.2) is 42.5 Å². The summed E-state index contributed by atoms with van der Waals surface area (Å²) in [7, 11) is 1.59. The summed E-state index contributed by atoms with van der Waals surface area (Å²) in [6, 6.07) is 12.4. The quantitative estimate of drug-likeness (QED) is 0.691. The van der Waals surface area contributed by atoms with Gasteiger partial charge < -0.3 is 15.4 Å². The molecule has 0 saturated heterocycles. The van der Waals surface area contributed by atoms with Crippen LogP contribution in [0.4, 0.5) is 11.4 Å². The summed E-state index contributed by atoms with van der Waals surface area (Å²) < 4.78 is 6.08. The minimum absolute atomic E-state index is 0.176. The van der Waals surface area contributed by atoms with Gasteiger partial charge in [0.05, 0.1) is 12.1 Å². The predicted octanol–water partition coefficient (Wildman–Crippen LogP) is 4.77. The molecule has 5 nitrogen and oxygen atoms in total. The first kappa shape index (κ1) is 17.3. The van der Waals surface area contributed by atoms with Crippen molar-refractivity contribution in [1.82, 2.24) is 0 Å². The summed E-state index contributed by atoms with van der Waals surface area (Å²) >= 11 is 7.67. The van der Waals surface area contributed by atoms with Crippen LogP contribution in [0.3, 0.4) is 0 Å². The number of rotatable bonds is 4. The van der Waals surface area contributed by atoms with Gasteiger partial charge in [0.2, 0.25) is 5.91 Å². The van der Waals surface area contributed by atoms with Gasteiger partial charge in [-0.05, 0) is 36.4 Å². The number of benzene rings is 2. The molecule has 0 aliphatic rings. The monoisotopic (exact) mass is 374 g/mol. The van der Waals surface area contributed by atoms with Gasteiger partial charge in [-0.2, -0.15) is 0 Å². The molecule has 0 aliphatic heterocycles. The highest BCUT2D eigenvalue weighted by Crippen LogP contribution is 2.37. The number of amides is 2. The van der Waals surface area contributed by atoms with Crippen LogP contribution in [-0.2, 0) is 4.79 Å². The third-order valence-electron chi connectivity index (χ3n) is 3.48. The summed E-state index contributed by atoms with van der Waals surface area (Å²) in [5.74, 6) is 0.232. The van der Waals surface area contributed by atoms with Crippen LogP contribution in [-0.4, -0.2) is 18.9 Å². The van der Waals surface area contributed by atoms with Crippen LogP contribution in [0.1, 0.15) is 16.6 Å². The van der Waals surface area contributed by atoms with Crippen LogP contribution in [0.25, 0.3) is 10.1 Å². The van der Waals surface area contributed by atoms with Gasteiger partial charge in [-0.3, -0.25) is 9.59 Å². The maximum atomic E-state index is 12.6. The number of thiophene rings is 1. The molecule has 3 rings (SSSR count). The Morgan fingerprint density at radius 3 is 2.48 bits per heavy atom. The second-order valence-corrected chi connectivity index (χ2v) is 6.75. The Morgan fingerprint density at radius 1 is 1.08 bits per heavy atom. The maximum Gasteiger partial charge on any atom is 0.267 e. The lowest BCUT2D eigenvalue weighted by Gasteiger charge is -2.07. The largest absolute Gasteiger partial charge is 0.497 e. The molecular weight excluding hydrogens is 360 g/mol. The molecule has 0 fully saturated rings. The zero-order chi connectivity index (χ0) is 18.0. The van der Waals surface area contributed by atoms with Crippen molar-refractivity contribution in [2.24, 2.45) is 0 Å². The van der Waals surface area contributed by atoms with Crippen LogP contribution >= 0.6 is 22.9 Å². The van der Waals surface area contributed by atoms with Gasteiger partial charge in [0.1, 0.15) is 10.6 Å². The second-order valence-electron chi connectivity index (χ2n) is 5.32. The van der Waals surface area contributed by atoms with Crippen molar-refractivity contribution in [2.45, 2.75) is 6.92 Å². The lowest BCUT2D eigenvalue weighted by molar-refractivity contribution is -0.114. The predicted molar refractivity (Wildman–Crippen MR) is 102 cm³/mol. The summed E-state index contributed by atoms with van der Waals surface area (Å²) in [5.41, 5.74) is 1.18. The van der Waals surface area contributed by atoms with E-state index >= 15 is 0 Å². The first-order chi connectivity index (χ1) is 12.0. The molecule has 2 aromatic carbocycles. The molecule has 2 N–H and O–H groups in total. The van der Waals surface area contributed by atoms with Crippen LogP contribution in [0.5, 0.6) is 5.75 Å². The summed E-state index contributed by atoms with van der Waals surface area (Å²) in [4.78, 5) is 24.2. The minimum atomic E-state index is -0.301. The highest BCUT2D eigenvalue weighted by molar-refractivity contribution is 7.21. The van der Waals surface area contributed by atoms with Crippen molar-refractivity contribution in [1.29, 1.82) is 0 Å². The van der Waals surface area contributed by atoms with Gasteiger partial charge in [0, 0.05) is 28.4 Å². The van der Waals surface area contributed by atoms with E-state index in [1.165, 1.54) is 18.3 Å². The van der Waals surface area contributed by atoms with Crippen molar-refractivity contribution in [3.05, 3.63) is 52.4 Å². The lowest BCUT2D eigenvalue weighted by Crippen LogP contribution is -2.11. The van der Waals surface area contributed by atoms with Crippen molar-refractivity contribution in [3.63, 3.8) is 0 Å². The molecule has 7 heteroatoms. The van der Waals surface area contributed by atoms with E-state index in [2.05, 4.69) is 10.6 Å². The highest BCUT2D eigenvalue weighted by Gasteiger charge is 2.18. The number of nitrogens with one attached hydrogen (secondary N) is 2. The topological polar surface area (TPSA) is 67.4 Å². The van der Waals surface area contributed by atoms with Gasteiger partial charge in [-0.1, -0.05) is 17.7 Å². The summed E-state index contributed by atoms with van der Waals surface area (Å²) in [6.45, 7) is 1.43. The Hall–Kier alpha value is -2.57. The number of carbonyl (C=O) groups is 2. The van der Waals surface area contributed by atoms with Gasteiger partial charge >= 0.3 is 0 Å². The first-order valence-electron chi connectivity index (χ1n) is 7.43. The van der Waals surface area contributed by atoms with Crippen molar-refractivity contribution in [2.75, 3.05) is 17.7 Å². The number of halogens is 1. The SMILES string of the molecule is COc1ccc2c(Cl)c(C(=O)Nc3cccc(NC(C)=O)c3)sc2c1. The first-order valence-corrected chi connectivity index (χ1v) is 8.62. The van der Waals surface area contributed by atoms with Gasteiger partial charge in [-0.15, -0.1) is 11.3 Å². The Kier molecular flexibility index (Phi) is 4.92. The molecule has 0 unspecified atom stereocenters. The number of methoxy groups -OCH3 is 1. The molecule has 0 saturated carbocycles. The van der Waals surface area contributed by atoms with E-state index < -0.39 is 0 Å². The lowest BCUT2D eigenvalue weighted by atomic mass is 10.2. The minimum Gasteiger partial charge on any atom is -0.497 e. The van der Waals surface area contributed by atoms with Gasteiger partial charge in [-0.25, -0.2) is 0 Å². The Labute approximate surface area is 153 Å². The van der Waals surface area contributed by atoms with Crippen LogP contribution < -0.4 is 15.4 Å². The number of hydrogen-bond acceptors (Lipinski definition) is 4. The number of anilines is 2. The number of hydrogen-bond donors (Lipinski definition) is 2. The molecule has 0 spiro atoms. The Morgan fingerprint density at radius 2 is 1.80 bits per heavy atom. The van der Waals surface area contributed by atoms with Gasteiger partial charge in [0.25, 0.3) is 5.91 Å². The smallest absolute Gasteiger partial charge is 0.267 e. The van der Waals surface area contributed by atoms with Gasteiger partial charge in [0.15, 0.2) is 0 Å². The molecule has 3 aromatic rings. The fourth-order valence-electron chi connectivity index (χ4n) is 2.38. The zero-order valence-electron chi connectivity index (χ0n) is 13.6. The van der Waals surface area contributed by atoms with E-state index in [-0.39, 0.29) is 11.8 Å². The van der Waals surface area contributed by atoms with E-state index in [1.54, 1.807) is 37.4 Å². The zero-order valence-corrected chi connectivity index (χ0v) is 15.1.